The van der Waals surface area contributed by atoms with E-state index in [2.05, 4.69) is 35.8 Å². The number of likely N-dealkylation sites (tertiary alicyclic amines) is 1. The first-order valence-electron chi connectivity index (χ1n) is 14.0. The molecule has 1 aliphatic heterocycles. The molecule has 5 rings (SSSR count). The number of aromatic nitrogens is 1. The van der Waals surface area contributed by atoms with Crippen molar-refractivity contribution in [1.82, 2.24) is 14.4 Å². The van der Waals surface area contributed by atoms with E-state index >= 15 is 0 Å². The van der Waals surface area contributed by atoms with Crippen molar-refractivity contribution in [3.8, 4) is 0 Å². The van der Waals surface area contributed by atoms with Crippen LogP contribution in [0.15, 0.2) is 95.5 Å². The second-order valence-corrected chi connectivity index (χ2v) is 10.4. The molecule has 2 amide bonds. The molecule has 0 N–H and O–H groups in total. The zero-order valence-corrected chi connectivity index (χ0v) is 22.7. The lowest BCUT2D eigenvalue weighted by Crippen LogP contribution is -2.38. The van der Waals surface area contributed by atoms with Crippen LogP contribution in [0.3, 0.4) is 0 Å². The number of piperidine rings is 1. The summed E-state index contributed by atoms with van der Waals surface area (Å²) in [7, 11) is 0. The molecule has 0 unspecified atom stereocenters. The van der Waals surface area contributed by atoms with Gasteiger partial charge in [-0.3, -0.25) is 9.59 Å². The quantitative estimate of drug-likeness (QED) is 0.246. The van der Waals surface area contributed by atoms with E-state index in [1.165, 1.54) is 5.56 Å². The summed E-state index contributed by atoms with van der Waals surface area (Å²) in [5.74, 6) is 1.73. The van der Waals surface area contributed by atoms with Crippen LogP contribution in [0.4, 0.5) is 0 Å². The fourth-order valence-electron chi connectivity index (χ4n) is 5.42. The van der Waals surface area contributed by atoms with Crippen LogP contribution in [-0.2, 0) is 19.5 Å². The summed E-state index contributed by atoms with van der Waals surface area (Å²) in [4.78, 5) is 30.1. The molecular formula is C33H37N3O3. The zero-order valence-electron chi connectivity index (χ0n) is 22.7. The SMILES string of the molecule is CCCN(Cc1cccn1Cc1ccc(C(=O)N2CCC(Cc3ccccc3)CC2)o1)C(=O)c1ccccc1. The summed E-state index contributed by atoms with van der Waals surface area (Å²) in [6.07, 6.45) is 5.97. The van der Waals surface area contributed by atoms with Crippen LogP contribution in [0.1, 0.15) is 64.1 Å². The first-order chi connectivity index (χ1) is 19.1. The van der Waals surface area contributed by atoms with Crippen LogP contribution in [0.25, 0.3) is 0 Å². The molecule has 2 aromatic carbocycles. The molecule has 6 nitrogen and oxygen atoms in total. The summed E-state index contributed by atoms with van der Waals surface area (Å²) in [5, 5.41) is 0. The van der Waals surface area contributed by atoms with Gasteiger partial charge in [0, 0.05) is 37.1 Å². The number of hydrogen-bond donors (Lipinski definition) is 0. The number of amides is 2. The van der Waals surface area contributed by atoms with Gasteiger partial charge in [0.15, 0.2) is 5.76 Å². The van der Waals surface area contributed by atoms with Gasteiger partial charge in [-0.05, 0) is 73.6 Å². The van der Waals surface area contributed by atoms with Gasteiger partial charge in [0.2, 0.25) is 0 Å². The molecule has 0 atom stereocenters. The van der Waals surface area contributed by atoms with Gasteiger partial charge < -0.3 is 18.8 Å². The summed E-state index contributed by atoms with van der Waals surface area (Å²) >= 11 is 0. The van der Waals surface area contributed by atoms with E-state index in [-0.39, 0.29) is 11.8 Å². The first kappa shape index (κ1) is 26.5. The van der Waals surface area contributed by atoms with Crippen LogP contribution in [0, 0.1) is 5.92 Å². The number of furan rings is 1. The summed E-state index contributed by atoms with van der Waals surface area (Å²) < 4.78 is 8.11. The van der Waals surface area contributed by atoms with Crippen LogP contribution in [0.5, 0.6) is 0 Å². The monoisotopic (exact) mass is 523 g/mol. The highest BCUT2D eigenvalue weighted by Gasteiger charge is 2.26. The number of hydrogen-bond acceptors (Lipinski definition) is 3. The van der Waals surface area contributed by atoms with Gasteiger partial charge in [0.1, 0.15) is 5.76 Å². The van der Waals surface area contributed by atoms with E-state index in [1.807, 2.05) is 70.6 Å². The number of nitrogens with zero attached hydrogens (tertiary/aromatic N) is 3. The third kappa shape index (κ3) is 6.69. The average molecular weight is 524 g/mol. The Hall–Kier alpha value is -4.06. The molecule has 202 valence electrons. The molecule has 1 fully saturated rings. The van der Waals surface area contributed by atoms with Gasteiger partial charge in [-0.15, -0.1) is 0 Å². The van der Waals surface area contributed by atoms with Crippen molar-refractivity contribution >= 4 is 11.8 Å². The average Bonchev–Trinajstić information content (AvgIpc) is 3.63. The van der Waals surface area contributed by atoms with E-state index in [1.54, 1.807) is 6.07 Å². The minimum atomic E-state index is -0.0327. The third-order valence-electron chi connectivity index (χ3n) is 7.55. The lowest BCUT2D eigenvalue weighted by Gasteiger charge is -2.31. The van der Waals surface area contributed by atoms with Crippen LogP contribution in [-0.4, -0.2) is 45.8 Å². The first-order valence-corrected chi connectivity index (χ1v) is 14.0. The Morgan fingerprint density at radius 2 is 1.62 bits per heavy atom. The number of rotatable bonds is 10. The molecule has 0 saturated carbocycles. The largest absolute Gasteiger partial charge is 0.454 e. The maximum absolute atomic E-state index is 13.2. The Balaban J connectivity index is 1.18. The summed E-state index contributed by atoms with van der Waals surface area (Å²) in [6, 6.07) is 27.7. The number of benzene rings is 2. The highest BCUT2D eigenvalue weighted by molar-refractivity contribution is 5.94. The van der Waals surface area contributed by atoms with Gasteiger partial charge >= 0.3 is 0 Å². The normalized spacial score (nSPS) is 13.9. The van der Waals surface area contributed by atoms with Crippen LogP contribution >= 0.6 is 0 Å². The third-order valence-corrected chi connectivity index (χ3v) is 7.55. The molecule has 1 saturated heterocycles. The lowest BCUT2D eigenvalue weighted by molar-refractivity contribution is 0.0655. The minimum Gasteiger partial charge on any atom is -0.454 e. The van der Waals surface area contributed by atoms with Crippen molar-refractivity contribution in [3.63, 3.8) is 0 Å². The molecule has 3 heterocycles. The fourth-order valence-corrected chi connectivity index (χ4v) is 5.42. The molecule has 0 spiro atoms. The van der Waals surface area contributed by atoms with Gasteiger partial charge in [-0.1, -0.05) is 55.5 Å². The molecule has 0 bridgehead atoms. The van der Waals surface area contributed by atoms with Crippen molar-refractivity contribution in [1.29, 1.82) is 0 Å². The molecule has 0 aliphatic carbocycles. The highest BCUT2D eigenvalue weighted by Crippen LogP contribution is 2.24. The Kier molecular flexibility index (Phi) is 8.61. The van der Waals surface area contributed by atoms with Crippen molar-refractivity contribution in [3.05, 3.63) is 119 Å². The molecule has 4 aromatic rings. The molecule has 1 aliphatic rings. The summed E-state index contributed by atoms with van der Waals surface area (Å²) in [5.41, 5.74) is 3.09. The predicted octanol–water partition coefficient (Wildman–Crippen LogP) is 6.28. The molecular weight excluding hydrogens is 486 g/mol. The molecule has 39 heavy (non-hydrogen) atoms. The van der Waals surface area contributed by atoms with Crippen molar-refractivity contribution in [2.24, 2.45) is 5.92 Å². The molecule has 0 radical (unpaired) electrons. The summed E-state index contributed by atoms with van der Waals surface area (Å²) in [6.45, 7) is 5.30. The second-order valence-electron chi connectivity index (χ2n) is 10.4. The zero-order chi connectivity index (χ0) is 27.0. The smallest absolute Gasteiger partial charge is 0.289 e. The van der Waals surface area contributed by atoms with E-state index in [0.29, 0.717) is 36.9 Å². The maximum atomic E-state index is 13.2. The van der Waals surface area contributed by atoms with Crippen molar-refractivity contribution in [2.45, 2.75) is 45.7 Å². The Morgan fingerprint density at radius 1 is 0.897 bits per heavy atom. The molecule has 2 aromatic heterocycles. The van der Waals surface area contributed by atoms with E-state index in [4.69, 9.17) is 4.42 Å². The Morgan fingerprint density at radius 3 is 2.33 bits per heavy atom. The van der Waals surface area contributed by atoms with Gasteiger partial charge in [-0.25, -0.2) is 0 Å². The van der Waals surface area contributed by atoms with E-state index in [9.17, 15) is 9.59 Å². The Bertz CT molecular complexity index is 1350. The Labute approximate surface area is 230 Å². The number of carbonyl (C=O) groups excluding carboxylic acids is 2. The van der Waals surface area contributed by atoms with Crippen molar-refractivity contribution in [2.75, 3.05) is 19.6 Å². The minimum absolute atomic E-state index is 0.0311. The second kappa shape index (κ2) is 12.7. The highest BCUT2D eigenvalue weighted by atomic mass is 16.4. The molecule has 6 heteroatoms. The maximum Gasteiger partial charge on any atom is 0.289 e. The number of carbonyl (C=O) groups is 2. The van der Waals surface area contributed by atoms with Gasteiger partial charge in [0.25, 0.3) is 11.8 Å². The van der Waals surface area contributed by atoms with Crippen molar-refractivity contribution < 1.29 is 14.0 Å². The fraction of sp³-hybridized carbons (Fsp3) is 0.333. The van der Waals surface area contributed by atoms with Crippen LogP contribution < -0.4 is 0 Å². The van der Waals surface area contributed by atoms with E-state index in [0.717, 1.165) is 50.2 Å². The topological polar surface area (TPSA) is 58.7 Å². The lowest BCUT2D eigenvalue weighted by atomic mass is 9.90. The van der Waals surface area contributed by atoms with Gasteiger partial charge in [-0.2, -0.15) is 0 Å². The van der Waals surface area contributed by atoms with E-state index < -0.39 is 0 Å². The standard InChI is InChI=1S/C33H37N3O3/c1-2-19-36(32(37)28-12-7-4-8-13-28)24-29-14-9-20-35(29)25-30-15-16-31(39-30)33(38)34-21-17-27(18-22-34)23-26-10-5-3-6-11-26/h3-16,20,27H,2,17-19,21-25H2,1H3. The van der Waals surface area contributed by atoms with Gasteiger partial charge in [0.05, 0.1) is 13.1 Å². The van der Waals surface area contributed by atoms with Crippen LogP contribution in [0.2, 0.25) is 0 Å². The predicted molar refractivity (Wildman–Crippen MR) is 152 cm³/mol.